The Hall–Kier alpha value is -1.08. The average molecular weight is 292 g/mol. The van der Waals surface area contributed by atoms with Crippen molar-refractivity contribution in [3.63, 3.8) is 0 Å². The van der Waals surface area contributed by atoms with Gasteiger partial charge in [-0.25, -0.2) is 0 Å². The van der Waals surface area contributed by atoms with Crippen molar-refractivity contribution in [1.82, 2.24) is 10.2 Å². The van der Waals surface area contributed by atoms with Crippen LogP contribution >= 0.6 is 11.3 Å². The van der Waals surface area contributed by atoms with E-state index in [9.17, 15) is 18.0 Å². The third-order valence-corrected chi connectivity index (χ3v) is 4.03. The van der Waals surface area contributed by atoms with Crippen LogP contribution in [-0.4, -0.2) is 29.6 Å². The predicted octanol–water partition coefficient (Wildman–Crippen LogP) is 2.91. The van der Waals surface area contributed by atoms with Gasteiger partial charge in [0.2, 0.25) is 5.91 Å². The predicted molar refractivity (Wildman–Crippen MR) is 66.7 cm³/mol. The number of rotatable bonds is 4. The van der Waals surface area contributed by atoms with Gasteiger partial charge in [0.15, 0.2) is 0 Å². The van der Waals surface area contributed by atoms with Crippen LogP contribution in [0, 0.1) is 0 Å². The molecule has 0 spiro atoms. The number of amides is 1. The first-order valence-electron chi connectivity index (χ1n) is 6.09. The monoisotopic (exact) mass is 292 g/mol. The van der Waals surface area contributed by atoms with E-state index in [0.29, 0.717) is 6.42 Å². The summed E-state index contributed by atoms with van der Waals surface area (Å²) in [6.45, 7) is 1.54. The van der Waals surface area contributed by atoms with E-state index in [2.05, 4.69) is 5.32 Å². The van der Waals surface area contributed by atoms with E-state index in [1.165, 1.54) is 16.2 Å². The van der Waals surface area contributed by atoms with Crippen LogP contribution in [0.2, 0.25) is 0 Å². The summed E-state index contributed by atoms with van der Waals surface area (Å²) < 4.78 is 37.0. The summed E-state index contributed by atoms with van der Waals surface area (Å²) >= 11 is 1.43. The highest BCUT2D eigenvalue weighted by atomic mass is 32.1. The molecule has 0 saturated carbocycles. The lowest BCUT2D eigenvalue weighted by Crippen LogP contribution is -2.33. The highest BCUT2D eigenvalue weighted by Crippen LogP contribution is 2.31. The summed E-state index contributed by atoms with van der Waals surface area (Å²) in [6, 6.07) is 3.27. The van der Waals surface area contributed by atoms with Gasteiger partial charge in [-0.15, -0.1) is 11.3 Å². The fourth-order valence-corrected chi connectivity index (χ4v) is 2.94. The summed E-state index contributed by atoms with van der Waals surface area (Å²) in [7, 11) is 0. The Kier molecular flexibility index (Phi) is 4.15. The van der Waals surface area contributed by atoms with Crippen molar-refractivity contribution in [3.05, 3.63) is 22.4 Å². The zero-order chi connectivity index (χ0) is 14.0. The summed E-state index contributed by atoms with van der Waals surface area (Å²) in [5, 5.41) is 4.95. The van der Waals surface area contributed by atoms with Crippen LogP contribution in [0.25, 0.3) is 0 Å². The molecule has 1 aromatic rings. The Morgan fingerprint density at radius 2 is 2.21 bits per heavy atom. The summed E-state index contributed by atoms with van der Waals surface area (Å²) in [5.74, 6) is -0.245. The molecule has 2 rings (SSSR count). The zero-order valence-corrected chi connectivity index (χ0v) is 11.2. The zero-order valence-electron chi connectivity index (χ0n) is 10.4. The van der Waals surface area contributed by atoms with E-state index in [0.717, 1.165) is 4.88 Å². The first-order valence-corrected chi connectivity index (χ1v) is 6.97. The summed E-state index contributed by atoms with van der Waals surface area (Å²) in [5.41, 5.74) is 0. The van der Waals surface area contributed by atoms with Crippen molar-refractivity contribution in [3.8, 4) is 0 Å². The van der Waals surface area contributed by atoms with Gasteiger partial charge in [-0.3, -0.25) is 10.1 Å². The van der Waals surface area contributed by atoms with Crippen molar-refractivity contribution in [2.24, 2.45) is 0 Å². The standard InChI is InChI=1S/C12H15F3N2OS/c1-2-8-11(18)17(6-5-12(13,14)15)10(16-8)9-4-3-7-19-9/h3-4,7-8,10,16H,2,5-6H2,1H3. The van der Waals surface area contributed by atoms with Gasteiger partial charge in [-0.1, -0.05) is 13.0 Å². The van der Waals surface area contributed by atoms with Crippen LogP contribution in [0.5, 0.6) is 0 Å². The van der Waals surface area contributed by atoms with E-state index < -0.39 is 18.8 Å². The number of carbonyl (C=O) groups is 1. The Labute approximate surface area is 113 Å². The molecule has 0 aliphatic carbocycles. The molecule has 1 aliphatic rings. The van der Waals surface area contributed by atoms with Gasteiger partial charge in [-0.2, -0.15) is 13.2 Å². The lowest BCUT2D eigenvalue weighted by atomic mass is 10.2. The minimum atomic E-state index is -4.25. The van der Waals surface area contributed by atoms with E-state index in [-0.39, 0.29) is 18.5 Å². The molecule has 0 aromatic carbocycles. The molecular formula is C12H15F3N2OS. The maximum absolute atomic E-state index is 12.3. The van der Waals surface area contributed by atoms with Crippen LogP contribution in [0.1, 0.15) is 30.8 Å². The van der Waals surface area contributed by atoms with E-state index in [4.69, 9.17) is 0 Å². The molecule has 2 atom stereocenters. The number of thiophene rings is 1. The third-order valence-electron chi connectivity index (χ3n) is 3.11. The topological polar surface area (TPSA) is 32.3 Å². The van der Waals surface area contributed by atoms with Gasteiger partial charge < -0.3 is 4.90 Å². The van der Waals surface area contributed by atoms with E-state index in [1.54, 1.807) is 0 Å². The van der Waals surface area contributed by atoms with Crippen molar-refractivity contribution in [1.29, 1.82) is 0 Å². The number of halogens is 3. The second-order valence-corrected chi connectivity index (χ2v) is 5.42. The molecule has 3 nitrogen and oxygen atoms in total. The van der Waals surface area contributed by atoms with Gasteiger partial charge in [-0.05, 0) is 17.9 Å². The molecule has 2 unspecified atom stereocenters. The second kappa shape index (κ2) is 5.50. The van der Waals surface area contributed by atoms with Crippen molar-refractivity contribution in [2.45, 2.75) is 38.1 Å². The van der Waals surface area contributed by atoms with Crippen LogP contribution in [0.3, 0.4) is 0 Å². The number of hydrogen-bond acceptors (Lipinski definition) is 3. The molecule has 0 radical (unpaired) electrons. The van der Waals surface area contributed by atoms with Crippen LogP contribution < -0.4 is 5.32 Å². The molecule has 0 bridgehead atoms. The molecule has 1 amide bonds. The lowest BCUT2D eigenvalue weighted by Gasteiger charge is -2.23. The largest absolute Gasteiger partial charge is 0.390 e. The normalized spacial score (nSPS) is 24.2. The Balaban J connectivity index is 2.13. The minimum Gasteiger partial charge on any atom is -0.320 e. The smallest absolute Gasteiger partial charge is 0.320 e. The Morgan fingerprint density at radius 1 is 1.47 bits per heavy atom. The maximum atomic E-state index is 12.3. The molecule has 1 N–H and O–H groups in total. The SMILES string of the molecule is CCC1NC(c2cccs2)N(CCC(F)(F)F)C1=O. The maximum Gasteiger partial charge on any atom is 0.390 e. The molecule has 1 aromatic heterocycles. The quantitative estimate of drug-likeness (QED) is 0.925. The number of nitrogens with one attached hydrogen (secondary N) is 1. The fourth-order valence-electron chi connectivity index (χ4n) is 2.14. The number of nitrogens with zero attached hydrogens (tertiary/aromatic N) is 1. The fraction of sp³-hybridized carbons (Fsp3) is 0.583. The van der Waals surface area contributed by atoms with Gasteiger partial charge >= 0.3 is 6.18 Å². The molecular weight excluding hydrogens is 277 g/mol. The van der Waals surface area contributed by atoms with Gasteiger partial charge in [0.05, 0.1) is 12.5 Å². The molecule has 106 valence electrons. The molecule has 7 heteroatoms. The van der Waals surface area contributed by atoms with Gasteiger partial charge in [0.1, 0.15) is 6.17 Å². The highest BCUT2D eigenvalue weighted by molar-refractivity contribution is 7.10. The third kappa shape index (κ3) is 3.27. The molecule has 2 heterocycles. The van der Waals surface area contributed by atoms with Gasteiger partial charge in [0.25, 0.3) is 0 Å². The summed E-state index contributed by atoms with van der Waals surface area (Å²) in [4.78, 5) is 14.2. The number of alkyl halides is 3. The van der Waals surface area contributed by atoms with Crippen molar-refractivity contribution >= 4 is 17.2 Å². The highest BCUT2D eigenvalue weighted by Gasteiger charge is 2.40. The van der Waals surface area contributed by atoms with Gasteiger partial charge in [0, 0.05) is 11.4 Å². The molecule has 1 fully saturated rings. The number of hydrogen-bond donors (Lipinski definition) is 1. The van der Waals surface area contributed by atoms with Crippen LogP contribution in [-0.2, 0) is 4.79 Å². The second-order valence-electron chi connectivity index (χ2n) is 4.44. The first kappa shape index (κ1) is 14.3. The Bertz CT molecular complexity index is 433. The van der Waals surface area contributed by atoms with E-state index >= 15 is 0 Å². The minimum absolute atomic E-state index is 0.245. The number of carbonyl (C=O) groups excluding carboxylic acids is 1. The molecule has 19 heavy (non-hydrogen) atoms. The Morgan fingerprint density at radius 3 is 2.74 bits per heavy atom. The molecule has 1 aliphatic heterocycles. The van der Waals surface area contributed by atoms with E-state index in [1.807, 2.05) is 24.4 Å². The van der Waals surface area contributed by atoms with Crippen molar-refractivity contribution in [2.75, 3.05) is 6.54 Å². The average Bonchev–Trinajstić information content (AvgIpc) is 2.93. The van der Waals surface area contributed by atoms with Crippen molar-refractivity contribution < 1.29 is 18.0 Å². The lowest BCUT2D eigenvalue weighted by molar-refractivity contribution is -0.145. The van der Waals surface area contributed by atoms with Crippen LogP contribution in [0.4, 0.5) is 13.2 Å². The first-order chi connectivity index (χ1) is 8.92. The van der Waals surface area contributed by atoms with Crippen LogP contribution in [0.15, 0.2) is 17.5 Å². The summed E-state index contributed by atoms with van der Waals surface area (Å²) in [6.07, 6.45) is -5.08. The molecule has 1 saturated heterocycles.